The van der Waals surface area contributed by atoms with E-state index < -0.39 is 5.97 Å². The van der Waals surface area contributed by atoms with Gasteiger partial charge in [0.2, 0.25) is 0 Å². The number of carbonyl (C=O) groups excluding carboxylic acids is 1. The van der Waals surface area contributed by atoms with Gasteiger partial charge in [-0.1, -0.05) is 30.3 Å². The van der Waals surface area contributed by atoms with Crippen molar-refractivity contribution in [3.63, 3.8) is 0 Å². The molecule has 0 aromatic heterocycles. The molecule has 1 aromatic rings. The highest BCUT2D eigenvalue weighted by Gasteiger charge is 2.22. The molecule has 1 aliphatic rings. The highest BCUT2D eigenvalue weighted by Crippen LogP contribution is 2.22. The lowest BCUT2D eigenvalue weighted by Crippen LogP contribution is -2.44. The molecule has 0 atom stereocenters. The molecular weight excluding hydrogens is 292 g/mol. The molecule has 1 saturated heterocycles. The van der Waals surface area contributed by atoms with Gasteiger partial charge in [-0.2, -0.15) is 0 Å². The van der Waals surface area contributed by atoms with Crippen molar-refractivity contribution < 1.29 is 14.7 Å². The van der Waals surface area contributed by atoms with E-state index in [4.69, 9.17) is 5.11 Å². The van der Waals surface area contributed by atoms with Crippen molar-refractivity contribution in [2.24, 2.45) is 5.92 Å². The van der Waals surface area contributed by atoms with Gasteiger partial charge in [-0.25, -0.2) is 4.79 Å². The largest absolute Gasteiger partial charge is 0.481 e. The van der Waals surface area contributed by atoms with Crippen LogP contribution in [0.2, 0.25) is 0 Å². The Labute approximate surface area is 137 Å². The average Bonchev–Trinajstić information content (AvgIpc) is 2.58. The molecule has 5 heteroatoms. The van der Waals surface area contributed by atoms with Gasteiger partial charge in [0.1, 0.15) is 0 Å². The summed E-state index contributed by atoms with van der Waals surface area (Å²) in [4.78, 5) is 24.3. The lowest BCUT2D eigenvalue weighted by Gasteiger charge is -2.32. The minimum absolute atomic E-state index is 0.0584. The normalized spacial score (nSPS) is 15.4. The predicted octanol–water partition coefficient (Wildman–Crippen LogP) is 2.91. The number of likely N-dealkylation sites (tertiary alicyclic amines) is 1. The first-order valence-electron chi connectivity index (χ1n) is 8.43. The van der Waals surface area contributed by atoms with E-state index in [2.05, 4.69) is 29.6 Å². The van der Waals surface area contributed by atoms with Crippen molar-refractivity contribution in [2.75, 3.05) is 19.6 Å². The smallest absolute Gasteiger partial charge is 0.317 e. The molecule has 0 spiro atoms. The van der Waals surface area contributed by atoms with Gasteiger partial charge in [-0.15, -0.1) is 0 Å². The minimum atomic E-state index is -0.821. The molecule has 1 heterocycles. The van der Waals surface area contributed by atoms with Crippen LogP contribution in [-0.2, 0) is 11.2 Å². The number of carboxylic acid groups (broad SMARTS) is 1. The molecule has 126 valence electrons. The third kappa shape index (κ3) is 6.30. The standard InChI is InChI=1S/C18H26N2O3/c21-17(22)7-4-12-19-18(23)20-13-10-16(11-14-20)9-8-15-5-2-1-3-6-15/h1-3,5-6,16H,4,7-14H2,(H,19,23)(H,21,22). The summed E-state index contributed by atoms with van der Waals surface area (Å²) in [5.74, 6) is -0.134. The number of carboxylic acids is 1. The van der Waals surface area contributed by atoms with Crippen molar-refractivity contribution in [3.8, 4) is 0 Å². The zero-order chi connectivity index (χ0) is 16.5. The summed E-state index contributed by atoms with van der Waals surface area (Å²) < 4.78 is 0. The molecule has 0 bridgehead atoms. The molecule has 2 rings (SSSR count). The zero-order valence-electron chi connectivity index (χ0n) is 13.5. The molecule has 5 nitrogen and oxygen atoms in total. The van der Waals surface area contributed by atoms with Gasteiger partial charge in [-0.05, 0) is 43.6 Å². The van der Waals surface area contributed by atoms with E-state index in [1.165, 1.54) is 12.0 Å². The Balaban J connectivity index is 1.61. The maximum Gasteiger partial charge on any atom is 0.317 e. The van der Waals surface area contributed by atoms with E-state index in [-0.39, 0.29) is 12.5 Å². The second-order valence-electron chi connectivity index (χ2n) is 6.18. The maximum atomic E-state index is 12.0. The molecule has 0 unspecified atom stereocenters. The molecule has 2 N–H and O–H groups in total. The van der Waals surface area contributed by atoms with E-state index in [1.54, 1.807) is 0 Å². The lowest BCUT2D eigenvalue weighted by atomic mass is 9.91. The van der Waals surface area contributed by atoms with Crippen LogP contribution >= 0.6 is 0 Å². The van der Waals surface area contributed by atoms with Gasteiger partial charge in [0.05, 0.1) is 0 Å². The fourth-order valence-electron chi connectivity index (χ4n) is 2.99. The summed E-state index contributed by atoms with van der Waals surface area (Å²) in [7, 11) is 0. The molecule has 1 fully saturated rings. The predicted molar refractivity (Wildman–Crippen MR) is 89.3 cm³/mol. The van der Waals surface area contributed by atoms with Crippen LogP contribution in [0.25, 0.3) is 0 Å². The van der Waals surface area contributed by atoms with Gasteiger partial charge in [0.15, 0.2) is 0 Å². The van der Waals surface area contributed by atoms with Crippen LogP contribution in [0.5, 0.6) is 0 Å². The Kier molecular flexibility index (Phi) is 6.91. The van der Waals surface area contributed by atoms with Crippen LogP contribution < -0.4 is 5.32 Å². The Hall–Kier alpha value is -2.04. The number of nitrogens with zero attached hydrogens (tertiary/aromatic N) is 1. The second-order valence-corrected chi connectivity index (χ2v) is 6.18. The number of piperidine rings is 1. The van der Waals surface area contributed by atoms with Crippen LogP contribution in [0.3, 0.4) is 0 Å². The molecule has 1 aliphatic heterocycles. The van der Waals surface area contributed by atoms with Crippen molar-refractivity contribution in [1.82, 2.24) is 10.2 Å². The molecular formula is C18H26N2O3. The van der Waals surface area contributed by atoms with Crippen LogP contribution in [-0.4, -0.2) is 41.6 Å². The van der Waals surface area contributed by atoms with Gasteiger partial charge in [0.25, 0.3) is 0 Å². The summed E-state index contributed by atoms with van der Waals surface area (Å²) in [5.41, 5.74) is 1.38. The number of benzene rings is 1. The van der Waals surface area contributed by atoms with Crippen molar-refractivity contribution >= 4 is 12.0 Å². The SMILES string of the molecule is O=C(O)CCCNC(=O)N1CCC(CCc2ccccc2)CC1. The minimum Gasteiger partial charge on any atom is -0.481 e. The quantitative estimate of drug-likeness (QED) is 0.760. The van der Waals surface area contributed by atoms with Crippen molar-refractivity contribution in [3.05, 3.63) is 35.9 Å². The second kappa shape index (κ2) is 9.18. The summed E-state index contributed by atoms with van der Waals surface area (Å²) >= 11 is 0. The number of aliphatic carboxylic acids is 1. The highest BCUT2D eigenvalue weighted by atomic mass is 16.4. The van der Waals surface area contributed by atoms with E-state index in [0.717, 1.165) is 32.4 Å². The molecule has 1 aromatic carbocycles. The molecule has 23 heavy (non-hydrogen) atoms. The summed E-state index contributed by atoms with van der Waals surface area (Å²) in [6.07, 6.45) is 4.96. The van der Waals surface area contributed by atoms with E-state index >= 15 is 0 Å². The lowest BCUT2D eigenvalue weighted by molar-refractivity contribution is -0.137. The van der Waals surface area contributed by atoms with Crippen molar-refractivity contribution in [1.29, 1.82) is 0 Å². The summed E-state index contributed by atoms with van der Waals surface area (Å²) in [5, 5.41) is 11.4. The third-order valence-corrected chi connectivity index (χ3v) is 4.43. The van der Waals surface area contributed by atoms with Gasteiger partial charge in [-0.3, -0.25) is 4.79 Å². The van der Waals surface area contributed by atoms with Crippen molar-refractivity contribution in [2.45, 2.75) is 38.5 Å². The monoisotopic (exact) mass is 318 g/mol. The fraction of sp³-hybridized carbons (Fsp3) is 0.556. The zero-order valence-corrected chi connectivity index (χ0v) is 13.5. The maximum absolute atomic E-state index is 12.0. The number of aryl methyl sites for hydroxylation is 1. The number of nitrogens with one attached hydrogen (secondary N) is 1. The fourth-order valence-corrected chi connectivity index (χ4v) is 2.99. The topological polar surface area (TPSA) is 69.6 Å². The van der Waals surface area contributed by atoms with E-state index in [1.807, 2.05) is 11.0 Å². The Bertz CT molecular complexity index is 496. The molecule has 2 amide bonds. The first-order valence-corrected chi connectivity index (χ1v) is 8.43. The number of hydrogen-bond acceptors (Lipinski definition) is 2. The van der Waals surface area contributed by atoms with Gasteiger partial charge >= 0.3 is 12.0 Å². The van der Waals surface area contributed by atoms with E-state index in [9.17, 15) is 9.59 Å². The number of amides is 2. The van der Waals surface area contributed by atoms with Crippen LogP contribution in [0.4, 0.5) is 4.79 Å². The summed E-state index contributed by atoms with van der Waals surface area (Å²) in [6.45, 7) is 2.02. The van der Waals surface area contributed by atoms with Crippen LogP contribution in [0.1, 0.15) is 37.7 Å². The first-order chi connectivity index (χ1) is 11.1. The molecule has 0 radical (unpaired) electrons. The average molecular weight is 318 g/mol. The van der Waals surface area contributed by atoms with Crippen LogP contribution in [0.15, 0.2) is 30.3 Å². The Morgan fingerprint density at radius 1 is 1.17 bits per heavy atom. The molecule has 0 saturated carbocycles. The first kappa shape index (κ1) is 17.3. The highest BCUT2D eigenvalue weighted by molar-refractivity contribution is 5.74. The Morgan fingerprint density at radius 2 is 1.87 bits per heavy atom. The number of urea groups is 1. The van der Waals surface area contributed by atoms with Gasteiger partial charge in [0, 0.05) is 26.1 Å². The third-order valence-electron chi connectivity index (χ3n) is 4.43. The van der Waals surface area contributed by atoms with E-state index in [0.29, 0.717) is 18.9 Å². The van der Waals surface area contributed by atoms with Gasteiger partial charge < -0.3 is 15.3 Å². The summed E-state index contributed by atoms with van der Waals surface area (Å²) in [6, 6.07) is 10.5. The van der Waals surface area contributed by atoms with Crippen LogP contribution in [0, 0.1) is 5.92 Å². The Morgan fingerprint density at radius 3 is 2.52 bits per heavy atom. The number of carbonyl (C=O) groups is 2. The number of rotatable bonds is 7. The number of hydrogen-bond donors (Lipinski definition) is 2. The molecule has 0 aliphatic carbocycles.